The van der Waals surface area contributed by atoms with Gasteiger partial charge in [0, 0.05) is 13.7 Å². The van der Waals surface area contributed by atoms with Crippen molar-refractivity contribution in [2.75, 3.05) is 26.8 Å². The van der Waals surface area contributed by atoms with Crippen LogP contribution in [0.3, 0.4) is 0 Å². The minimum atomic E-state index is -0.249. The molecule has 1 atom stereocenters. The lowest BCUT2D eigenvalue weighted by Gasteiger charge is -2.34. The van der Waals surface area contributed by atoms with Crippen molar-refractivity contribution in [3.8, 4) is 0 Å². The zero-order valence-electron chi connectivity index (χ0n) is 8.86. The topological polar surface area (TPSA) is 58.6 Å². The molecule has 0 aromatic carbocycles. The second-order valence-corrected chi connectivity index (χ2v) is 4.08. The molecular formula is C10H16N2O3. The molecule has 1 saturated carbocycles. The molecule has 1 aliphatic heterocycles. The largest absolute Gasteiger partial charge is 0.383 e. The van der Waals surface area contributed by atoms with Crippen molar-refractivity contribution in [3.63, 3.8) is 0 Å². The highest BCUT2D eigenvalue weighted by atomic mass is 16.5. The molecule has 2 rings (SSSR count). The monoisotopic (exact) mass is 212 g/mol. The van der Waals surface area contributed by atoms with Gasteiger partial charge in [-0.3, -0.25) is 9.59 Å². The van der Waals surface area contributed by atoms with Gasteiger partial charge in [-0.15, -0.1) is 0 Å². The summed E-state index contributed by atoms with van der Waals surface area (Å²) in [5.41, 5.74) is 0. The molecule has 5 nitrogen and oxygen atoms in total. The van der Waals surface area contributed by atoms with E-state index >= 15 is 0 Å². The van der Waals surface area contributed by atoms with E-state index in [4.69, 9.17) is 4.74 Å². The fraction of sp³-hybridized carbons (Fsp3) is 0.800. The van der Waals surface area contributed by atoms with E-state index in [0.29, 0.717) is 19.1 Å². The first-order chi connectivity index (χ1) is 7.24. The summed E-state index contributed by atoms with van der Waals surface area (Å²) < 4.78 is 4.95. The summed E-state index contributed by atoms with van der Waals surface area (Å²) in [5, 5.41) is 2.64. The number of methoxy groups -OCH3 is 1. The first-order valence-electron chi connectivity index (χ1n) is 5.30. The van der Waals surface area contributed by atoms with E-state index in [2.05, 4.69) is 5.32 Å². The van der Waals surface area contributed by atoms with Crippen LogP contribution in [-0.2, 0) is 14.3 Å². The van der Waals surface area contributed by atoms with Crippen LogP contribution in [0.5, 0.6) is 0 Å². The number of hydrogen-bond donors (Lipinski definition) is 1. The molecule has 0 radical (unpaired) electrons. The molecule has 1 aliphatic carbocycles. The van der Waals surface area contributed by atoms with Gasteiger partial charge in [0.1, 0.15) is 6.04 Å². The summed E-state index contributed by atoms with van der Waals surface area (Å²) in [6, 6.07) is -0.249. The molecule has 0 aromatic heterocycles. The first kappa shape index (κ1) is 10.4. The molecule has 15 heavy (non-hydrogen) atoms. The molecule has 1 N–H and O–H groups in total. The Morgan fingerprint density at radius 1 is 1.47 bits per heavy atom. The van der Waals surface area contributed by atoms with E-state index < -0.39 is 0 Å². The van der Waals surface area contributed by atoms with Crippen LogP contribution in [0.1, 0.15) is 12.8 Å². The maximum atomic E-state index is 11.6. The van der Waals surface area contributed by atoms with Gasteiger partial charge < -0.3 is 15.0 Å². The van der Waals surface area contributed by atoms with Crippen molar-refractivity contribution in [2.24, 2.45) is 5.92 Å². The van der Waals surface area contributed by atoms with Crippen molar-refractivity contribution >= 4 is 11.8 Å². The van der Waals surface area contributed by atoms with Crippen LogP contribution < -0.4 is 5.32 Å². The molecule has 0 aromatic rings. The number of hydrogen-bond acceptors (Lipinski definition) is 3. The van der Waals surface area contributed by atoms with E-state index in [1.807, 2.05) is 0 Å². The van der Waals surface area contributed by atoms with Crippen molar-refractivity contribution in [2.45, 2.75) is 18.9 Å². The predicted molar refractivity (Wildman–Crippen MR) is 53.1 cm³/mol. The van der Waals surface area contributed by atoms with Gasteiger partial charge in [0.2, 0.25) is 11.8 Å². The van der Waals surface area contributed by atoms with Crippen LogP contribution in [0.2, 0.25) is 0 Å². The molecule has 84 valence electrons. The second kappa shape index (κ2) is 4.18. The lowest BCUT2D eigenvalue weighted by molar-refractivity contribution is -0.147. The van der Waals surface area contributed by atoms with Gasteiger partial charge >= 0.3 is 0 Å². The fourth-order valence-electron chi connectivity index (χ4n) is 2.00. The van der Waals surface area contributed by atoms with Crippen LogP contribution in [0.4, 0.5) is 0 Å². The molecule has 5 heteroatoms. The summed E-state index contributed by atoms with van der Waals surface area (Å²) in [5.74, 6) is 0.364. The minimum Gasteiger partial charge on any atom is -0.383 e. The van der Waals surface area contributed by atoms with E-state index in [0.717, 1.165) is 12.8 Å². The maximum absolute atomic E-state index is 11.6. The van der Waals surface area contributed by atoms with Crippen LogP contribution in [0.25, 0.3) is 0 Å². The Morgan fingerprint density at radius 3 is 2.80 bits per heavy atom. The Balaban J connectivity index is 2.05. The standard InChI is InChI=1S/C10H16N2O3/c1-15-5-4-12-8(13)6-11-10(14)9(12)7-2-3-7/h7,9H,2-6H2,1H3,(H,11,14). The Morgan fingerprint density at radius 2 is 2.20 bits per heavy atom. The van der Waals surface area contributed by atoms with Gasteiger partial charge in [-0.25, -0.2) is 0 Å². The van der Waals surface area contributed by atoms with Crippen molar-refractivity contribution in [1.82, 2.24) is 10.2 Å². The molecule has 2 aliphatic rings. The summed E-state index contributed by atoms with van der Waals surface area (Å²) in [6.45, 7) is 1.14. The highest BCUT2D eigenvalue weighted by Crippen LogP contribution is 2.36. The molecule has 1 unspecified atom stereocenters. The number of carbonyl (C=O) groups is 2. The minimum absolute atomic E-state index is 0.00329. The molecule has 2 amide bonds. The van der Waals surface area contributed by atoms with Gasteiger partial charge in [0.25, 0.3) is 0 Å². The predicted octanol–water partition coefficient (Wildman–Crippen LogP) is -0.630. The number of piperazine rings is 1. The van der Waals surface area contributed by atoms with E-state index in [9.17, 15) is 9.59 Å². The number of ether oxygens (including phenoxy) is 1. The Kier molecular flexibility index (Phi) is 2.90. The lowest BCUT2D eigenvalue weighted by atomic mass is 10.1. The molecule has 2 fully saturated rings. The zero-order valence-corrected chi connectivity index (χ0v) is 8.86. The molecule has 0 spiro atoms. The van der Waals surface area contributed by atoms with Gasteiger partial charge in [0.05, 0.1) is 13.2 Å². The van der Waals surface area contributed by atoms with Gasteiger partial charge in [-0.05, 0) is 18.8 Å². The smallest absolute Gasteiger partial charge is 0.243 e. The highest BCUT2D eigenvalue weighted by Gasteiger charge is 2.44. The zero-order chi connectivity index (χ0) is 10.8. The van der Waals surface area contributed by atoms with E-state index in [-0.39, 0.29) is 24.4 Å². The van der Waals surface area contributed by atoms with E-state index in [1.165, 1.54) is 0 Å². The second-order valence-electron chi connectivity index (χ2n) is 4.08. The summed E-state index contributed by atoms with van der Waals surface area (Å²) in [7, 11) is 1.60. The quantitative estimate of drug-likeness (QED) is 0.675. The Labute approximate surface area is 88.8 Å². The van der Waals surface area contributed by atoms with Crippen LogP contribution in [0.15, 0.2) is 0 Å². The average molecular weight is 212 g/mol. The fourth-order valence-corrected chi connectivity index (χ4v) is 2.00. The van der Waals surface area contributed by atoms with Gasteiger partial charge in [-0.2, -0.15) is 0 Å². The molecular weight excluding hydrogens is 196 g/mol. The Hall–Kier alpha value is -1.10. The molecule has 0 bridgehead atoms. The van der Waals surface area contributed by atoms with Crippen molar-refractivity contribution < 1.29 is 14.3 Å². The third kappa shape index (κ3) is 2.12. The van der Waals surface area contributed by atoms with Gasteiger partial charge in [0.15, 0.2) is 0 Å². The van der Waals surface area contributed by atoms with Crippen molar-refractivity contribution in [1.29, 1.82) is 0 Å². The van der Waals surface area contributed by atoms with Crippen LogP contribution >= 0.6 is 0 Å². The van der Waals surface area contributed by atoms with Gasteiger partial charge in [-0.1, -0.05) is 0 Å². The number of rotatable bonds is 4. The maximum Gasteiger partial charge on any atom is 0.243 e. The third-order valence-corrected chi connectivity index (χ3v) is 2.94. The normalized spacial score (nSPS) is 26.7. The number of nitrogens with one attached hydrogen (secondary N) is 1. The number of carbonyl (C=O) groups excluding carboxylic acids is 2. The van der Waals surface area contributed by atoms with Crippen LogP contribution in [0, 0.1) is 5.92 Å². The number of nitrogens with zero attached hydrogens (tertiary/aromatic N) is 1. The summed E-state index contributed by atoms with van der Waals surface area (Å²) in [4.78, 5) is 25.0. The lowest BCUT2D eigenvalue weighted by Crippen LogP contribution is -2.59. The third-order valence-electron chi connectivity index (χ3n) is 2.94. The van der Waals surface area contributed by atoms with Crippen molar-refractivity contribution in [3.05, 3.63) is 0 Å². The summed E-state index contributed by atoms with van der Waals surface area (Å²) in [6.07, 6.45) is 2.10. The molecule has 1 saturated heterocycles. The SMILES string of the molecule is COCCN1C(=O)CNC(=O)C1C1CC1. The van der Waals surface area contributed by atoms with E-state index in [1.54, 1.807) is 12.0 Å². The average Bonchev–Trinajstić information content (AvgIpc) is 3.03. The summed E-state index contributed by atoms with van der Waals surface area (Å²) >= 11 is 0. The highest BCUT2D eigenvalue weighted by molar-refractivity contribution is 5.95. The first-order valence-corrected chi connectivity index (χ1v) is 5.30. The molecule has 1 heterocycles. The Bertz CT molecular complexity index is 276. The number of amides is 2. The van der Waals surface area contributed by atoms with Crippen LogP contribution in [-0.4, -0.2) is 49.6 Å².